The maximum Gasteiger partial charge on any atom is 0.266 e. The maximum absolute atomic E-state index is 11.9. The van der Waals surface area contributed by atoms with Crippen LogP contribution in [0.25, 0.3) is 21.8 Å². The highest BCUT2D eigenvalue weighted by Gasteiger charge is 2.13. The van der Waals surface area contributed by atoms with E-state index in [0.29, 0.717) is 0 Å². The van der Waals surface area contributed by atoms with Crippen LogP contribution in [0.15, 0.2) is 40.5 Å². The fourth-order valence-electron chi connectivity index (χ4n) is 4.15. The number of nitrogens with one attached hydrogen (secondary N) is 1. The van der Waals surface area contributed by atoms with Crippen LogP contribution in [0.4, 0.5) is 5.69 Å². The Morgan fingerprint density at radius 1 is 1.00 bits per heavy atom. The Balaban J connectivity index is 1.75. The van der Waals surface area contributed by atoms with E-state index in [9.17, 15) is 10.1 Å². The molecule has 34 heavy (non-hydrogen) atoms. The number of nitrogens with zero attached hydrogens (tertiary/aromatic N) is 3. The lowest BCUT2D eigenvalue weighted by atomic mass is 10.1. The van der Waals surface area contributed by atoms with Crippen molar-refractivity contribution in [2.24, 2.45) is 0 Å². The minimum Gasteiger partial charge on any atom is -0.372 e. The zero-order chi connectivity index (χ0) is 24.3. The second-order valence-corrected chi connectivity index (χ2v) is 9.71. The van der Waals surface area contributed by atoms with E-state index in [1.807, 2.05) is 18.4 Å². The van der Waals surface area contributed by atoms with Gasteiger partial charge in [-0.2, -0.15) is 5.26 Å². The van der Waals surface area contributed by atoms with Crippen molar-refractivity contribution in [3.8, 4) is 27.9 Å². The molecule has 0 saturated heterocycles. The predicted molar refractivity (Wildman–Crippen MR) is 144 cm³/mol. The lowest BCUT2D eigenvalue weighted by Gasteiger charge is -2.25. The summed E-state index contributed by atoms with van der Waals surface area (Å²) < 4.78 is 0. The quantitative estimate of drug-likeness (QED) is 0.262. The first-order chi connectivity index (χ1) is 16.6. The summed E-state index contributed by atoms with van der Waals surface area (Å²) in [5.74, 6) is 0. The molecule has 180 valence electrons. The highest BCUT2D eigenvalue weighted by atomic mass is 32.1. The molecule has 0 saturated carbocycles. The summed E-state index contributed by atoms with van der Waals surface area (Å²) in [5, 5.41) is 12.1. The number of hydrogen-bond acceptors (Lipinski definition) is 5. The van der Waals surface area contributed by atoms with Crippen molar-refractivity contribution in [3.05, 3.63) is 57.3 Å². The van der Waals surface area contributed by atoms with Crippen LogP contribution < -0.4 is 10.5 Å². The van der Waals surface area contributed by atoms with Gasteiger partial charge in [-0.05, 0) is 50.1 Å². The number of unbranched alkanes of at least 4 members (excludes halogenated alkanes) is 6. The molecule has 1 aromatic carbocycles. The van der Waals surface area contributed by atoms with E-state index in [-0.39, 0.29) is 11.1 Å². The summed E-state index contributed by atoms with van der Waals surface area (Å²) in [7, 11) is 0. The van der Waals surface area contributed by atoms with Gasteiger partial charge in [0, 0.05) is 41.0 Å². The smallest absolute Gasteiger partial charge is 0.266 e. The van der Waals surface area contributed by atoms with Crippen molar-refractivity contribution in [1.29, 1.82) is 5.26 Å². The van der Waals surface area contributed by atoms with Gasteiger partial charge in [0.05, 0.1) is 5.69 Å². The van der Waals surface area contributed by atoms with Crippen molar-refractivity contribution in [1.82, 2.24) is 9.97 Å². The van der Waals surface area contributed by atoms with Crippen LogP contribution in [0.3, 0.4) is 0 Å². The minimum absolute atomic E-state index is 0.109. The van der Waals surface area contributed by atoms with Crippen molar-refractivity contribution in [2.75, 3.05) is 18.0 Å². The molecule has 0 radical (unpaired) electrons. The number of anilines is 1. The first-order valence-electron chi connectivity index (χ1n) is 12.5. The van der Waals surface area contributed by atoms with E-state index >= 15 is 0 Å². The van der Waals surface area contributed by atoms with Gasteiger partial charge in [-0.1, -0.05) is 52.4 Å². The van der Waals surface area contributed by atoms with Crippen LogP contribution in [-0.4, -0.2) is 23.1 Å². The van der Waals surface area contributed by atoms with Gasteiger partial charge >= 0.3 is 0 Å². The Kier molecular flexibility index (Phi) is 9.90. The Labute approximate surface area is 207 Å². The third-order valence-corrected chi connectivity index (χ3v) is 7.07. The highest BCUT2D eigenvalue weighted by Crippen LogP contribution is 2.31. The van der Waals surface area contributed by atoms with Gasteiger partial charge in [-0.15, -0.1) is 11.3 Å². The first kappa shape index (κ1) is 25.7. The van der Waals surface area contributed by atoms with Gasteiger partial charge in [-0.3, -0.25) is 4.79 Å². The first-order valence-corrected chi connectivity index (χ1v) is 13.4. The number of thiazole rings is 1. The fraction of sp³-hybridized carbons (Fsp3) is 0.464. The molecule has 0 atom stereocenters. The number of pyridine rings is 1. The Morgan fingerprint density at radius 3 is 2.24 bits per heavy atom. The van der Waals surface area contributed by atoms with Gasteiger partial charge in [0.25, 0.3) is 5.56 Å². The van der Waals surface area contributed by atoms with E-state index in [1.165, 1.54) is 57.1 Å². The molecule has 0 aliphatic carbocycles. The summed E-state index contributed by atoms with van der Waals surface area (Å²) in [6.07, 6.45) is 10.2. The molecule has 0 bridgehead atoms. The third kappa shape index (κ3) is 6.80. The van der Waals surface area contributed by atoms with E-state index in [2.05, 4.69) is 48.0 Å². The zero-order valence-corrected chi connectivity index (χ0v) is 21.5. The Hall–Kier alpha value is -2.91. The zero-order valence-electron chi connectivity index (χ0n) is 20.7. The van der Waals surface area contributed by atoms with Crippen molar-refractivity contribution in [3.63, 3.8) is 0 Å². The molecule has 2 heterocycles. The molecule has 0 amide bonds. The van der Waals surface area contributed by atoms with Crippen LogP contribution in [0, 0.1) is 18.3 Å². The van der Waals surface area contributed by atoms with Crippen LogP contribution in [0.1, 0.15) is 76.5 Å². The average Bonchev–Trinajstić information content (AvgIpc) is 3.33. The summed E-state index contributed by atoms with van der Waals surface area (Å²) in [4.78, 5) is 22.0. The summed E-state index contributed by atoms with van der Waals surface area (Å²) in [5.41, 5.74) is 4.41. The minimum atomic E-state index is -0.358. The number of H-pyrrole nitrogens is 1. The summed E-state index contributed by atoms with van der Waals surface area (Å²) in [6.45, 7) is 8.57. The molecule has 0 fully saturated rings. The van der Waals surface area contributed by atoms with Gasteiger partial charge < -0.3 is 9.88 Å². The molecular weight excluding hydrogens is 440 g/mol. The Bertz CT molecular complexity index is 1130. The fourth-order valence-corrected chi connectivity index (χ4v) is 4.97. The molecular formula is C28H36N4OS. The number of aromatic amines is 1. The molecule has 0 aliphatic heterocycles. The summed E-state index contributed by atoms with van der Waals surface area (Å²) >= 11 is 1.58. The van der Waals surface area contributed by atoms with Gasteiger partial charge in [-0.25, -0.2) is 4.98 Å². The number of nitriles is 1. The second-order valence-electron chi connectivity index (χ2n) is 8.86. The number of hydrogen-bond donors (Lipinski definition) is 1. The van der Waals surface area contributed by atoms with Crippen molar-refractivity contribution < 1.29 is 0 Å². The molecule has 3 rings (SSSR count). The van der Waals surface area contributed by atoms with E-state index in [0.717, 1.165) is 40.6 Å². The number of aryl methyl sites for hydroxylation is 1. The average molecular weight is 477 g/mol. The normalized spacial score (nSPS) is 10.9. The maximum atomic E-state index is 11.9. The second kappa shape index (κ2) is 13.1. The third-order valence-electron chi connectivity index (χ3n) is 6.18. The predicted octanol–water partition coefficient (Wildman–Crippen LogP) is 7.31. The molecule has 0 aliphatic rings. The molecule has 2 aromatic heterocycles. The molecule has 0 unspecified atom stereocenters. The van der Waals surface area contributed by atoms with E-state index in [4.69, 9.17) is 4.98 Å². The highest BCUT2D eigenvalue weighted by molar-refractivity contribution is 7.13. The van der Waals surface area contributed by atoms with Crippen LogP contribution >= 0.6 is 11.3 Å². The van der Waals surface area contributed by atoms with Crippen LogP contribution in [-0.2, 0) is 0 Å². The number of benzene rings is 1. The standard InChI is InChI=1S/C28H36N4OS/c1-4-6-8-10-16-32(17-11-9-7-5-2)24-14-12-22(13-15-24)28-31-26(20-34-28)25-18-23(19-29)27(33)30-21(25)3/h12-15,18,20H,4-11,16-17H2,1-3H3,(H,30,33). The molecule has 0 spiro atoms. The van der Waals surface area contributed by atoms with Crippen LogP contribution in [0.2, 0.25) is 0 Å². The van der Waals surface area contributed by atoms with Crippen LogP contribution in [0.5, 0.6) is 0 Å². The molecule has 5 nitrogen and oxygen atoms in total. The van der Waals surface area contributed by atoms with E-state index in [1.54, 1.807) is 17.4 Å². The SMILES string of the molecule is CCCCCCN(CCCCCC)c1ccc(-c2nc(-c3cc(C#N)c(=O)[nH]c3C)cs2)cc1. The monoisotopic (exact) mass is 476 g/mol. The van der Waals surface area contributed by atoms with Gasteiger partial charge in [0.2, 0.25) is 0 Å². The summed E-state index contributed by atoms with van der Waals surface area (Å²) in [6, 6.07) is 12.3. The van der Waals surface area contributed by atoms with Gasteiger partial charge in [0.1, 0.15) is 16.6 Å². The van der Waals surface area contributed by atoms with Gasteiger partial charge in [0.15, 0.2) is 0 Å². The lowest BCUT2D eigenvalue weighted by Crippen LogP contribution is -2.25. The van der Waals surface area contributed by atoms with E-state index < -0.39 is 0 Å². The van der Waals surface area contributed by atoms with Crippen molar-refractivity contribution >= 4 is 17.0 Å². The Morgan fingerprint density at radius 2 is 1.65 bits per heavy atom. The topological polar surface area (TPSA) is 72.8 Å². The lowest BCUT2D eigenvalue weighted by molar-refractivity contribution is 0.609. The number of rotatable bonds is 13. The number of aromatic nitrogens is 2. The molecule has 6 heteroatoms. The largest absolute Gasteiger partial charge is 0.372 e. The molecule has 1 N–H and O–H groups in total. The molecule has 3 aromatic rings. The van der Waals surface area contributed by atoms with Crippen molar-refractivity contribution in [2.45, 2.75) is 72.1 Å².